The van der Waals surface area contributed by atoms with Crippen LogP contribution in [0.2, 0.25) is 0 Å². The molecule has 1 aromatic carbocycles. The molecule has 0 spiro atoms. The maximum Gasteiger partial charge on any atom is 0.321 e. The first-order valence-electron chi connectivity index (χ1n) is 5.19. The fraction of sp³-hybridized carbons (Fsp3) is 0.167. The van der Waals surface area contributed by atoms with Gasteiger partial charge in [-0.3, -0.25) is 10.1 Å². The summed E-state index contributed by atoms with van der Waals surface area (Å²) in [6, 6.07) is 7.09. The van der Waals surface area contributed by atoms with Crippen molar-refractivity contribution in [3.8, 4) is 0 Å². The number of urea groups is 1. The van der Waals surface area contributed by atoms with Crippen molar-refractivity contribution in [1.82, 2.24) is 10.6 Å². The number of rotatable bonds is 5. The molecular weight excluding hydrogens is 316 g/mol. The molecule has 0 heterocycles. The van der Waals surface area contributed by atoms with E-state index < -0.39 is 6.03 Å². The van der Waals surface area contributed by atoms with Crippen molar-refractivity contribution < 1.29 is 9.59 Å². The molecule has 2 N–H and O–H groups in total. The third-order valence-electron chi connectivity index (χ3n) is 1.86. The average molecular weight is 329 g/mol. The number of amides is 3. The maximum absolute atomic E-state index is 11.5. The van der Waals surface area contributed by atoms with Crippen LogP contribution in [0.4, 0.5) is 4.79 Å². The van der Waals surface area contributed by atoms with Crippen LogP contribution in [0.15, 0.2) is 46.3 Å². The summed E-state index contributed by atoms with van der Waals surface area (Å²) in [5, 5.41) is 4.70. The van der Waals surface area contributed by atoms with E-state index in [1.165, 1.54) is 11.8 Å². The highest BCUT2D eigenvalue weighted by Crippen LogP contribution is 2.26. The van der Waals surface area contributed by atoms with E-state index in [1.807, 2.05) is 24.3 Å². The molecule has 0 aliphatic carbocycles. The van der Waals surface area contributed by atoms with E-state index in [2.05, 4.69) is 33.1 Å². The number of imide groups is 1. The van der Waals surface area contributed by atoms with Crippen LogP contribution in [0, 0.1) is 0 Å². The highest BCUT2D eigenvalue weighted by molar-refractivity contribution is 9.10. The van der Waals surface area contributed by atoms with E-state index in [1.54, 1.807) is 6.08 Å². The fourth-order valence-electron chi connectivity index (χ4n) is 1.08. The van der Waals surface area contributed by atoms with Gasteiger partial charge in [0.05, 0.1) is 5.75 Å². The number of carbonyl (C=O) groups excluding carboxylic acids is 2. The highest BCUT2D eigenvalue weighted by Gasteiger charge is 2.08. The Morgan fingerprint density at radius 2 is 2.11 bits per heavy atom. The van der Waals surface area contributed by atoms with E-state index >= 15 is 0 Å². The van der Waals surface area contributed by atoms with E-state index in [9.17, 15) is 9.59 Å². The van der Waals surface area contributed by atoms with Gasteiger partial charge in [-0.1, -0.05) is 18.2 Å². The molecule has 0 aliphatic rings. The molecule has 1 aromatic rings. The van der Waals surface area contributed by atoms with E-state index in [0.717, 1.165) is 9.37 Å². The minimum atomic E-state index is -0.507. The number of halogens is 1. The Kier molecular flexibility index (Phi) is 6.53. The molecule has 0 aliphatic heterocycles. The van der Waals surface area contributed by atoms with Gasteiger partial charge in [-0.2, -0.15) is 0 Å². The molecular formula is C12H13BrN2O2S. The molecule has 0 saturated heterocycles. The standard InChI is InChI=1S/C12H13BrN2O2S/c1-2-7-14-12(17)15-11(16)8-18-10-6-4-3-5-9(10)13/h2-6H,1,7-8H2,(H2,14,15,16,17). The van der Waals surface area contributed by atoms with Gasteiger partial charge in [-0.15, -0.1) is 18.3 Å². The monoisotopic (exact) mass is 328 g/mol. The molecule has 0 bridgehead atoms. The third kappa shape index (κ3) is 5.37. The van der Waals surface area contributed by atoms with Gasteiger partial charge in [0, 0.05) is 15.9 Å². The predicted molar refractivity (Wildman–Crippen MR) is 76.6 cm³/mol. The predicted octanol–water partition coefficient (Wildman–Crippen LogP) is 2.55. The Bertz CT molecular complexity index is 451. The molecule has 6 heteroatoms. The summed E-state index contributed by atoms with van der Waals surface area (Å²) in [5.74, 6) is -0.151. The normalized spacial score (nSPS) is 9.61. The lowest BCUT2D eigenvalue weighted by Crippen LogP contribution is -2.40. The van der Waals surface area contributed by atoms with Crippen molar-refractivity contribution in [1.29, 1.82) is 0 Å². The smallest absolute Gasteiger partial charge is 0.321 e. The first-order valence-corrected chi connectivity index (χ1v) is 6.97. The van der Waals surface area contributed by atoms with Gasteiger partial charge in [0.15, 0.2) is 0 Å². The summed E-state index contributed by atoms with van der Waals surface area (Å²) in [4.78, 5) is 23.6. The summed E-state index contributed by atoms with van der Waals surface area (Å²) in [6.07, 6.45) is 1.54. The molecule has 0 fully saturated rings. The zero-order valence-electron chi connectivity index (χ0n) is 9.61. The van der Waals surface area contributed by atoms with Crippen LogP contribution in [0.3, 0.4) is 0 Å². The van der Waals surface area contributed by atoms with Crippen molar-refractivity contribution in [2.75, 3.05) is 12.3 Å². The quantitative estimate of drug-likeness (QED) is 0.645. The highest BCUT2D eigenvalue weighted by atomic mass is 79.9. The lowest BCUT2D eigenvalue weighted by Gasteiger charge is -2.05. The van der Waals surface area contributed by atoms with Crippen LogP contribution < -0.4 is 10.6 Å². The molecule has 1 rings (SSSR count). The third-order valence-corrected chi connectivity index (χ3v) is 3.88. The number of hydrogen-bond donors (Lipinski definition) is 2. The average Bonchev–Trinajstić information content (AvgIpc) is 2.35. The summed E-state index contributed by atoms with van der Waals surface area (Å²) in [6.45, 7) is 3.79. The molecule has 0 unspecified atom stereocenters. The van der Waals surface area contributed by atoms with Crippen molar-refractivity contribution in [2.24, 2.45) is 0 Å². The summed E-state index contributed by atoms with van der Waals surface area (Å²) in [5.41, 5.74) is 0. The summed E-state index contributed by atoms with van der Waals surface area (Å²) < 4.78 is 0.930. The van der Waals surface area contributed by atoms with Crippen LogP contribution in [0.5, 0.6) is 0 Å². The summed E-state index contributed by atoms with van der Waals surface area (Å²) in [7, 11) is 0. The van der Waals surface area contributed by atoms with Crippen LogP contribution in [0.25, 0.3) is 0 Å². The molecule has 18 heavy (non-hydrogen) atoms. The molecule has 0 atom stereocenters. The van der Waals surface area contributed by atoms with Gasteiger partial charge in [0.2, 0.25) is 5.91 Å². The van der Waals surface area contributed by atoms with E-state index in [4.69, 9.17) is 0 Å². The van der Waals surface area contributed by atoms with Crippen LogP contribution >= 0.6 is 27.7 Å². The van der Waals surface area contributed by atoms with Crippen LogP contribution in [-0.4, -0.2) is 24.2 Å². The van der Waals surface area contributed by atoms with Crippen molar-refractivity contribution in [2.45, 2.75) is 4.90 Å². The first kappa shape index (κ1) is 14.8. The second kappa shape index (κ2) is 7.94. The molecule has 4 nitrogen and oxygen atoms in total. The second-order valence-corrected chi connectivity index (χ2v) is 5.14. The first-order chi connectivity index (χ1) is 8.63. The zero-order chi connectivity index (χ0) is 13.4. The number of carbonyl (C=O) groups is 2. The SMILES string of the molecule is C=CCNC(=O)NC(=O)CSc1ccccc1Br. The zero-order valence-corrected chi connectivity index (χ0v) is 12.0. The molecule has 0 saturated carbocycles. The lowest BCUT2D eigenvalue weighted by atomic mass is 10.4. The second-order valence-electron chi connectivity index (χ2n) is 3.27. The van der Waals surface area contributed by atoms with Gasteiger partial charge in [0.25, 0.3) is 0 Å². The van der Waals surface area contributed by atoms with E-state index in [-0.39, 0.29) is 11.7 Å². The Labute approximate surface area is 118 Å². The lowest BCUT2D eigenvalue weighted by molar-refractivity contribution is -0.117. The van der Waals surface area contributed by atoms with E-state index in [0.29, 0.717) is 6.54 Å². The van der Waals surface area contributed by atoms with Crippen LogP contribution in [-0.2, 0) is 4.79 Å². The maximum atomic E-state index is 11.5. The fourth-order valence-corrected chi connectivity index (χ4v) is 2.44. The van der Waals surface area contributed by atoms with Gasteiger partial charge in [-0.25, -0.2) is 4.79 Å². The largest absolute Gasteiger partial charge is 0.334 e. The van der Waals surface area contributed by atoms with Gasteiger partial charge < -0.3 is 5.32 Å². The molecule has 0 aromatic heterocycles. The number of thioether (sulfide) groups is 1. The van der Waals surface area contributed by atoms with Crippen molar-refractivity contribution >= 4 is 39.6 Å². The van der Waals surface area contributed by atoms with Crippen LogP contribution in [0.1, 0.15) is 0 Å². The number of nitrogens with one attached hydrogen (secondary N) is 2. The summed E-state index contributed by atoms with van der Waals surface area (Å²) >= 11 is 4.75. The Morgan fingerprint density at radius 3 is 2.78 bits per heavy atom. The Hall–Kier alpha value is -1.27. The number of hydrogen-bond acceptors (Lipinski definition) is 3. The number of benzene rings is 1. The minimum Gasteiger partial charge on any atom is -0.334 e. The van der Waals surface area contributed by atoms with Gasteiger partial charge in [-0.05, 0) is 28.1 Å². The van der Waals surface area contributed by atoms with Gasteiger partial charge >= 0.3 is 6.03 Å². The molecule has 96 valence electrons. The Balaban J connectivity index is 2.35. The van der Waals surface area contributed by atoms with Crippen molar-refractivity contribution in [3.63, 3.8) is 0 Å². The van der Waals surface area contributed by atoms with Crippen molar-refractivity contribution in [3.05, 3.63) is 41.4 Å². The Morgan fingerprint density at radius 1 is 1.39 bits per heavy atom. The molecule has 0 radical (unpaired) electrons. The topological polar surface area (TPSA) is 58.2 Å². The van der Waals surface area contributed by atoms with Gasteiger partial charge in [0.1, 0.15) is 0 Å². The molecule has 3 amide bonds. The minimum absolute atomic E-state index is 0.185.